The van der Waals surface area contributed by atoms with Crippen LogP contribution in [0.25, 0.3) is 0 Å². The molecule has 1 amide bonds. The summed E-state index contributed by atoms with van der Waals surface area (Å²) in [6.45, 7) is 1.32. The maximum Gasteiger partial charge on any atom is 0.268 e. The number of piperidine rings is 1. The van der Waals surface area contributed by atoms with Crippen LogP contribution >= 0.6 is 15.9 Å². The molecule has 2 atom stereocenters. The Morgan fingerprint density at radius 1 is 1.17 bits per heavy atom. The van der Waals surface area contributed by atoms with Gasteiger partial charge in [0.2, 0.25) is 6.10 Å². The SMILES string of the molecule is NC1CCCN(C(=O)C(Oc2ccccc2Br)c2ccccc2)C1. The molecule has 1 fully saturated rings. The topological polar surface area (TPSA) is 55.6 Å². The molecule has 0 saturated carbocycles. The van der Waals surface area contributed by atoms with Crippen LogP contribution in [-0.2, 0) is 4.79 Å². The molecule has 1 aliphatic rings. The third kappa shape index (κ3) is 3.97. The van der Waals surface area contributed by atoms with Crippen molar-refractivity contribution in [3.63, 3.8) is 0 Å². The smallest absolute Gasteiger partial charge is 0.268 e. The first-order chi connectivity index (χ1) is 11.6. The van der Waals surface area contributed by atoms with Gasteiger partial charge in [0.15, 0.2) is 0 Å². The van der Waals surface area contributed by atoms with E-state index in [1.165, 1.54) is 0 Å². The first kappa shape index (κ1) is 17.0. The minimum Gasteiger partial charge on any atom is -0.475 e. The van der Waals surface area contributed by atoms with Crippen LogP contribution in [0.15, 0.2) is 59.1 Å². The summed E-state index contributed by atoms with van der Waals surface area (Å²) in [5.74, 6) is 0.619. The number of likely N-dealkylation sites (tertiary alicyclic amines) is 1. The zero-order valence-electron chi connectivity index (χ0n) is 13.4. The minimum absolute atomic E-state index is 0.0351. The van der Waals surface area contributed by atoms with E-state index in [1.807, 2.05) is 59.5 Å². The van der Waals surface area contributed by atoms with Crippen molar-refractivity contribution in [2.24, 2.45) is 5.73 Å². The van der Waals surface area contributed by atoms with Crippen LogP contribution in [0.1, 0.15) is 24.5 Å². The molecule has 0 radical (unpaired) electrons. The normalized spacial score (nSPS) is 18.9. The van der Waals surface area contributed by atoms with Gasteiger partial charge >= 0.3 is 0 Å². The van der Waals surface area contributed by atoms with Crippen molar-refractivity contribution < 1.29 is 9.53 Å². The predicted octanol–water partition coefficient (Wildman–Crippen LogP) is 3.52. The number of para-hydroxylation sites is 1. The molecule has 2 unspecified atom stereocenters. The highest BCUT2D eigenvalue weighted by molar-refractivity contribution is 9.10. The second-order valence-corrected chi connectivity index (χ2v) is 6.88. The van der Waals surface area contributed by atoms with E-state index in [1.54, 1.807) is 0 Å². The lowest BCUT2D eigenvalue weighted by Gasteiger charge is -2.33. The van der Waals surface area contributed by atoms with Crippen molar-refractivity contribution >= 4 is 21.8 Å². The summed E-state index contributed by atoms with van der Waals surface area (Å²) < 4.78 is 6.93. The van der Waals surface area contributed by atoms with Gasteiger partial charge < -0.3 is 15.4 Å². The van der Waals surface area contributed by atoms with E-state index >= 15 is 0 Å². The summed E-state index contributed by atoms with van der Waals surface area (Å²) in [5.41, 5.74) is 6.88. The number of nitrogens with zero attached hydrogens (tertiary/aromatic N) is 1. The lowest BCUT2D eigenvalue weighted by Crippen LogP contribution is -2.48. The van der Waals surface area contributed by atoms with Crippen molar-refractivity contribution in [1.82, 2.24) is 4.90 Å². The summed E-state index contributed by atoms with van der Waals surface area (Å²) in [7, 11) is 0. The van der Waals surface area contributed by atoms with Crippen molar-refractivity contribution in [3.8, 4) is 5.75 Å². The number of carbonyl (C=O) groups excluding carboxylic acids is 1. The predicted molar refractivity (Wildman–Crippen MR) is 97.7 cm³/mol. The van der Waals surface area contributed by atoms with Crippen LogP contribution in [0.4, 0.5) is 0 Å². The van der Waals surface area contributed by atoms with Gasteiger partial charge in [-0.05, 0) is 40.9 Å². The van der Waals surface area contributed by atoms with Gasteiger partial charge in [0, 0.05) is 24.7 Å². The van der Waals surface area contributed by atoms with Crippen LogP contribution in [0, 0.1) is 0 Å². The van der Waals surface area contributed by atoms with Crippen molar-refractivity contribution in [3.05, 3.63) is 64.6 Å². The molecule has 0 bridgehead atoms. The largest absolute Gasteiger partial charge is 0.475 e. The Kier molecular flexibility index (Phi) is 5.53. The van der Waals surface area contributed by atoms with E-state index < -0.39 is 6.10 Å². The Balaban J connectivity index is 1.87. The Morgan fingerprint density at radius 2 is 1.88 bits per heavy atom. The van der Waals surface area contributed by atoms with Crippen molar-refractivity contribution in [2.45, 2.75) is 25.0 Å². The number of halogens is 1. The standard InChI is InChI=1S/C19H21BrN2O2/c20-16-10-4-5-11-17(16)24-18(14-7-2-1-3-8-14)19(23)22-12-6-9-15(21)13-22/h1-5,7-8,10-11,15,18H,6,9,12-13,21H2. The van der Waals surface area contributed by atoms with Gasteiger partial charge in [-0.25, -0.2) is 0 Å². The highest BCUT2D eigenvalue weighted by Gasteiger charge is 2.30. The van der Waals surface area contributed by atoms with Gasteiger partial charge in [-0.3, -0.25) is 4.79 Å². The van der Waals surface area contributed by atoms with Gasteiger partial charge in [0.05, 0.1) is 4.47 Å². The van der Waals surface area contributed by atoms with Gasteiger partial charge in [-0.1, -0.05) is 42.5 Å². The maximum absolute atomic E-state index is 13.1. The molecule has 126 valence electrons. The van der Waals surface area contributed by atoms with E-state index in [0.29, 0.717) is 12.3 Å². The Morgan fingerprint density at radius 3 is 2.58 bits per heavy atom. The van der Waals surface area contributed by atoms with Crippen molar-refractivity contribution in [1.29, 1.82) is 0 Å². The van der Waals surface area contributed by atoms with E-state index in [-0.39, 0.29) is 11.9 Å². The monoisotopic (exact) mass is 388 g/mol. The molecule has 0 aromatic heterocycles. The number of rotatable bonds is 4. The second-order valence-electron chi connectivity index (χ2n) is 6.03. The van der Waals surface area contributed by atoms with E-state index in [0.717, 1.165) is 29.4 Å². The second kappa shape index (κ2) is 7.81. The first-order valence-corrected chi connectivity index (χ1v) is 8.95. The summed E-state index contributed by atoms with van der Waals surface area (Å²) in [6.07, 6.45) is 1.23. The molecule has 2 aromatic carbocycles. The highest BCUT2D eigenvalue weighted by atomic mass is 79.9. The zero-order valence-corrected chi connectivity index (χ0v) is 15.0. The average Bonchev–Trinajstić information content (AvgIpc) is 2.61. The van der Waals surface area contributed by atoms with E-state index in [9.17, 15) is 4.79 Å². The number of nitrogens with two attached hydrogens (primary N) is 1. The quantitative estimate of drug-likeness (QED) is 0.871. The number of hydrogen-bond donors (Lipinski definition) is 1. The molecule has 0 spiro atoms. The van der Waals surface area contributed by atoms with Crippen LogP contribution in [-0.4, -0.2) is 29.9 Å². The fourth-order valence-corrected chi connectivity index (χ4v) is 3.31. The lowest BCUT2D eigenvalue weighted by atomic mass is 10.0. The third-order valence-corrected chi connectivity index (χ3v) is 4.83. The lowest BCUT2D eigenvalue weighted by molar-refractivity contribution is -0.140. The Bertz CT molecular complexity index is 693. The van der Waals surface area contributed by atoms with Crippen LogP contribution in [0.2, 0.25) is 0 Å². The summed E-state index contributed by atoms with van der Waals surface area (Å²) in [4.78, 5) is 14.9. The number of hydrogen-bond acceptors (Lipinski definition) is 3. The molecule has 1 heterocycles. The molecule has 2 N–H and O–H groups in total. The van der Waals surface area contributed by atoms with Crippen LogP contribution < -0.4 is 10.5 Å². The van der Waals surface area contributed by atoms with Gasteiger partial charge in [0.1, 0.15) is 5.75 Å². The molecular weight excluding hydrogens is 368 g/mol. The number of benzene rings is 2. The number of amides is 1. The van der Waals surface area contributed by atoms with E-state index in [2.05, 4.69) is 15.9 Å². The fourth-order valence-electron chi connectivity index (χ4n) is 2.93. The maximum atomic E-state index is 13.1. The fraction of sp³-hybridized carbons (Fsp3) is 0.316. The molecule has 1 aliphatic heterocycles. The van der Waals surface area contributed by atoms with E-state index in [4.69, 9.17) is 10.5 Å². The van der Waals surface area contributed by atoms with Gasteiger partial charge in [0.25, 0.3) is 5.91 Å². The Hall–Kier alpha value is -1.85. The first-order valence-electron chi connectivity index (χ1n) is 8.15. The molecule has 2 aromatic rings. The zero-order chi connectivity index (χ0) is 16.9. The van der Waals surface area contributed by atoms with Crippen molar-refractivity contribution in [2.75, 3.05) is 13.1 Å². The molecule has 3 rings (SSSR count). The summed E-state index contributed by atoms with van der Waals surface area (Å²) >= 11 is 3.48. The molecule has 0 aliphatic carbocycles. The highest BCUT2D eigenvalue weighted by Crippen LogP contribution is 2.30. The average molecular weight is 389 g/mol. The number of ether oxygens (including phenoxy) is 1. The number of carbonyl (C=O) groups is 1. The minimum atomic E-state index is -0.671. The van der Waals surface area contributed by atoms with Gasteiger partial charge in [-0.2, -0.15) is 0 Å². The molecule has 24 heavy (non-hydrogen) atoms. The third-order valence-electron chi connectivity index (χ3n) is 4.18. The molecular formula is C19H21BrN2O2. The molecule has 1 saturated heterocycles. The Labute approximate surface area is 150 Å². The molecule has 5 heteroatoms. The van der Waals surface area contributed by atoms with Gasteiger partial charge in [-0.15, -0.1) is 0 Å². The summed E-state index contributed by atoms with van der Waals surface area (Å²) in [6, 6.07) is 17.2. The summed E-state index contributed by atoms with van der Waals surface area (Å²) in [5, 5.41) is 0. The van der Waals surface area contributed by atoms with Crippen LogP contribution in [0.5, 0.6) is 5.75 Å². The van der Waals surface area contributed by atoms with Crippen LogP contribution in [0.3, 0.4) is 0 Å². The molecule has 4 nitrogen and oxygen atoms in total.